The maximum absolute atomic E-state index is 4.20. The van der Waals surface area contributed by atoms with E-state index in [0.29, 0.717) is 0 Å². The summed E-state index contributed by atoms with van der Waals surface area (Å²) in [6.45, 7) is 7.76. The van der Waals surface area contributed by atoms with Crippen LogP contribution in [-0.4, -0.2) is 84.7 Å². The summed E-state index contributed by atoms with van der Waals surface area (Å²) in [6.07, 6.45) is 0. The van der Waals surface area contributed by atoms with Crippen molar-refractivity contribution in [2.24, 2.45) is 0 Å². The number of hydrogen-bond acceptors (Lipinski definition) is 7. The average molecular weight is 284 g/mol. The van der Waals surface area contributed by atoms with Crippen molar-refractivity contribution >= 4 is 16.5 Å². The SMILES string of the molecule is CNc1snnc1CN1CCN(CCN(C)C)CC1. The third-order valence-electron chi connectivity index (χ3n) is 3.48. The minimum atomic E-state index is 0.911. The van der Waals surface area contributed by atoms with Crippen LogP contribution in [0, 0.1) is 0 Å². The molecule has 19 heavy (non-hydrogen) atoms. The largest absolute Gasteiger partial charge is 0.377 e. The first kappa shape index (κ1) is 14.6. The molecule has 1 aromatic heterocycles. The van der Waals surface area contributed by atoms with Crippen molar-refractivity contribution in [3.05, 3.63) is 5.69 Å². The number of likely N-dealkylation sites (N-methyl/N-ethyl adjacent to an activating group) is 1. The van der Waals surface area contributed by atoms with Crippen molar-refractivity contribution in [2.45, 2.75) is 6.54 Å². The number of hydrogen-bond donors (Lipinski definition) is 1. The minimum absolute atomic E-state index is 0.911. The molecule has 108 valence electrons. The summed E-state index contributed by atoms with van der Waals surface area (Å²) in [5, 5.41) is 8.45. The number of nitrogens with one attached hydrogen (secondary N) is 1. The fourth-order valence-electron chi connectivity index (χ4n) is 2.23. The first-order valence-electron chi connectivity index (χ1n) is 6.77. The molecule has 0 saturated carbocycles. The molecule has 1 aliphatic heterocycles. The molecule has 1 N–H and O–H groups in total. The molecular weight excluding hydrogens is 260 g/mol. The van der Waals surface area contributed by atoms with Crippen LogP contribution in [0.5, 0.6) is 0 Å². The predicted molar refractivity (Wildman–Crippen MR) is 79.7 cm³/mol. The molecule has 0 aromatic carbocycles. The molecule has 7 heteroatoms. The Kier molecular flexibility index (Phi) is 5.50. The number of piperazine rings is 1. The zero-order valence-electron chi connectivity index (χ0n) is 12.1. The molecule has 0 radical (unpaired) electrons. The Morgan fingerprint density at radius 2 is 1.89 bits per heavy atom. The Balaban J connectivity index is 1.74. The molecule has 1 saturated heterocycles. The summed E-state index contributed by atoms with van der Waals surface area (Å²) in [5.41, 5.74) is 1.08. The fourth-order valence-corrected chi connectivity index (χ4v) is 2.75. The van der Waals surface area contributed by atoms with Crippen molar-refractivity contribution < 1.29 is 0 Å². The molecule has 0 aliphatic carbocycles. The molecule has 1 aliphatic rings. The maximum atomic E-state index is 4.20. The van der Waals surface area contributed by atoms with Crippen LogP contribution in [0.25, 0.3) is 0 Å². The van der Waals surface area contributed by atoms with Crippen molar-refractivity contribution in [1.82, 2.24) is 24.3 Å². The quantitative estimate of drug-likeness (QED) is 0.808. The van der Waals surface area contributed by atoms with E-state index in [1.54, 1.807) is 0 Å². The molecule has 1 fully saturated rings. The van der Waals surface area contributed by atoms with Crippen LogP contribution in [-0.2, 0) is 6.54 Å². The lowest BCUT2D eigenvalue weighted by Gasteiger charge is -2.34. The lowest BCUT2D eigenvalue weighted by atomic mass is 10.3. The van der Waals surface area contributed by atoms with E-state index < -0.39 is 0 Å². The smallest absolute Gasteiger partial charge is 0.134 e. The van der Waals surface area contributed by atoms with Gasteiger partial charge in [-0.2, -0.15) is 0 Å². The van der Waals surface area contributed by atoms with Crippen molar-refractivity contribution in [1.29, 1.82) is 0 Å². The van der Waals surface area contributed by atoms with E-state index in [1.807, 2.05) is 7.05 Å². The van der Waals surface area contributed by atoms with E-state index in [1.165, 1.54) is 18.1 Å². The molecule has 1 aromatic rings. The lowest BCUT2D eigenvalue weighted by molar-refractivity contribution is 0.120. The van der Waals surface area contributed by atoms with E-state index in [-0.39, 0.29) is 0 Å². The lowest BCUT2D eigenvalue weighted by Crippen LogP contribution is -2.47. The van der Waals surface area contributed by atoms with E-state index in [4.69, 9.17) is 0 Å². The monoisotopic (exact) mass is 284 g/mol. The van der Waals surface area contributed by atoms with Crippen LogP contribution in [0.4, 0.5) is 5.00 Å². The zero-order chi connectivity index (χ0) is 13.7. The van der Waals surface area contributed by atoms with Gasteiger partial charge >= 0.3 is 0 Å². The summed E-state index contributed by atoms with van der Waals surface area (Å²) in [5.74, 6) is 0. The van der Waals surface area contributed by atoms with Gasteiger partial charge in [-0.3, -0.25) is 9.80 Å². The second kappa shape index (κ2) is 7.14. The van der Waals surface area contributed by atoms with Crippen LogP contribution < -0.4 is 5.32 Å². The van der Waals surface area contributed by atoms with Gasteiger partial charge in [-0.25, -0.2) is 0 Å². The predicted octanol–water partition coefficient (Wildman–Crippen LogP) is 0.259. The first-order valence-corrected chi connectivity index (χ1v) is 7.55. The summed E-state index contributed by atoms with van der Waals surface area (Å²) >= 11 is 1.44. The number of rotatable bonds is 6. The van der Waals surface area contributed by atoms with Gasteiger partial charge < -0.3 is 10.2 Å². The van der Waals surface area contributed by atoms with Gasteiger partial charge in [0.05, 0.1) is 0 Å². The first-order chi connectivity index (χ1) is 9.19. The molecule has 2 rings (SSSR count). The number of aromatic nitrogens is 2. The molecule has 2 heterocycles. The van der Waals surface area contributed by atoms with Crippen LogP contribution >= 0.6 is 11.5 Å². The molecule has 0 bridgehead atoms. The highest BCUT2D eigenvalue weighted by molar-refractivity contribution is 7.10. The normalized spacial score (nSPS) is 18.1. The maximum Gasteiger partial charge on any atom is 0.134 e. The number of nitrogens with zero attached hydrogens (tertiary/aromatic N) is 5. The second-order valence-electron chi connectivity index (χ2n) is 5.22. The van der Waals surface area contributed by atoms with Crippen molar-refractivity contribution in [3.8, 4) is 0 Å². The third-order valence-corrected chi connectivity index (χ3v) is 4.27. The standard InChI is InChI=1S/C12H24N6S/c1-13-12-11(14-15-19-12)10-18-8-6-17(7-9-18)5-4-16(2)3/h13H,4-10H2,1-3H3. The summed E-state index contributed by atoms with van der Waals surface area (Å²) in [6, 6.07) is 0. The van der Waals surface area contributed by atoms with E-state index in [2.05, 4.69) is 43.7 Å². The Hall–Kier alpha value is -0.760. The van der Waals surface area contributed by atoms with Gasteiger partial charge in [0.15, 0.2) is 0 Å². The van der Waals surface area contributed by atoms with E-state index in [0.717, 1.165) is 50.0 Å². The van der Waals surface area contributed by atoms with Gasteiger partial charge in [0.2, 0.25) is 0 Å². The van der Waals surface area contributed by atoms with Gasteiger partial charge in [-0.15, -0.1) is 5.10 Å². The summed E-state index contributed by atoms with van der Waals surface area (Å²) < 4.78 is 4.01. The van der Waals surface area contributed by atoms with Crippen molar-refractivity contribution in [3.63, 3.8) is 0 Å². The van der Waals surface area contributed by atoms with Gasteiger partial charge in [0, 0.05) is 64.4 Å². The summed E-state index contributed by atoms with van der Waals surface area (Å²) in [7, 11) is 6.19. The molecule has 0 atom stereocenters. The molecule has 0 unspecified atom stereocenters. The Morgan fingerprint density at radius 3 is 2.53 bits per heavy atom. The summed E-state index contributed by atoms with van der Waals surface area (Å²) in [4.78, 5) is 7.24. The van der Waals surface area contributed by atoms with E-state index in [9.17, 15) is 0 Å². The minimum Gasteiger partial charge on any atom is -0.377 e. The molecule has 6 nitrogen and oxygen atoms in total. The highest BCUT2D eigenvalue weighted by Gasteiger charge is 2.19. The highest BCUT2D eigenvalue weighted by Crippen LogP contribution is 2.18. The molecule has 0 amide bonds. The molecule has 0 spiro atoms. The van der Waals surface area contributed by atoms with Crippen LogP contribution in [0.3, 0.4) is 0 Å². The average Bonchev–Trinajstić information content (AvgIpc) is 2.85. The van der Waals surface area contributed by atoms with Gasteiger partial charge in [-0.1, -0.05) is 4.49 Å². The molecular formula is C12H24N6S. The fraction of sp³-hybridized carbons (Fsp3) is 0.833. The number of anilines is 1. The highest BCUT2D eigenvalue weighted by atomic mass is 32.1. The zero-order valence-corrected chi connectivity index (χ0v) is 12.9. The van der Waals surface area contributed by atoms with E-state index >= 15 is 0 Å². The Morgan fingerprint density at radius 1 is 1.21 bits per heavy atom. The Labute approximate surface area is 119 Å². The van der Waals surface area contributed by atoms with Gasteiger partial charge in [-0.05, 0) is 14.1 Å². The van der Waals surface area contributed by atoms with Crippen LogP contribution in [0.1, 0.15) is 5.69 Å². The van der Waals surface area contributed by atoms with Gasteiger partial charge in [0.1, 0.15) is 10.7 Å². The van der Waals surface area contributed by atoms with Crippen LogP contribution in [0.15, 0.2) is 0 Å². The topological polar surface area (TPSA) is 47.5 Å². The Bertz CT molecular complexity index is 372. The second-order valence-corrected chi connectivity index (χ2v) is 5.97. The third kappa shape index (κ3) is 4.38. The van der Waals surface area contributed by atoms with Crippen LogP contribution in [0.2, 0.25) is 0 Å². The van der Waals surface area contributed by atoms with Crippen molar-refractivity contribution in [2.75, 3.05) is 65.7 Å². The van der Waals surface area contributed by atoms with Gasteiger partial charge in [0.25, 0.3) is 0 Å².